The van der Waals surface area contributed by atoms with E-state index in [9.17, 15) is 39.0 Å². The van der Waals surface area contributed by atoms with Crippen molar-refractivity contribution in [2.45, 2.75) is 50.6 Å². The maximum absolute atomic E-state index is 13.0. The summed E-state index contributed by atoms with van der Waals surface area (Å²) in [6.07, 6.45) is 5.66. The first-order chi connectivity index (χ1) is 24.7. The number of nitrogens with two attached hydrogens (primary N) is 4. The number of hydrogen-bond donors (Lipinski definition) is 10. The molecule has 0 aliphatic heterocycles. The topological polar surface area (TPSA) is 311 Å². The molecule has 0 unspecified atom stereocenters. The molecule has 0 radical (unpaired) electrons. The number of anilines is 2. The number of nitrogens with one attached hydrogen (secondary N) is 2. The summed E-state index contributed by atoms with van der Waals surface area (Å²) in [6.45, 7) is 1.21. The minimum absolute atomic E-state index is 0.0164. The van der Waals surface area contributed by atoms with Gasteiger partial charge in [-0.3, -0.25) is 19.2 Å². The molecular formula is C36H46N6O10. The first-order valence-corrected chi connectivity index (χ1v) is 16.1. The van der Waals surface area contributed by atoms with Crippen molar-refractivity contribution in [2.75, 3.05) is 23.7 Å². The molecule has 2 atom stereocenters. The molecule has 0 spiro atoms. The highest BCUT2D eigenvalue weighted by Crippen LogP contribution is 2.20. The number of benzene rings is 3. The van der Waals surface area contributed by atoms with Crippen LogP contribution in [0.3, 0.4) is 0 Å². The van der Waals surface area contributed by atoms with Crippen LogP contribution in [0.1, 0.15) is 64.8 Å². The monoisotopic (exact) mass is 722 g/mol. The predicted molar refractivity (Wildman–Crippen MR) is 196 cm³/mol. The SMILES string of the molecule is NCCCC[C@H](N)C(=O)O.NCCCC[C@H](N)C(=O)O.O=C(Nc1ccccc1C(=O)O)C(=Cc1ccccc1)C(=O)Nc1ccccc1C(=O)O. The minimum atomic E-state index is -1.24. The fourth-order valence-electron chi connectivity index (χ4n) is 4.15. The van der Waals surface area contributed by atoms with Crippen molar-refractivity contribution in [3.63, 3.8) is 0 Å². The molecule has 0 saturated heterocycles. The fourth-order valence-corrected chi connectivity index (χ4v) is 4.15. The normalized spacial score (nSPS) is 11.2. The third-order valence-corrected chi connectivity index (χ3v) is 6.98. The van der Waals surface area contributed by atoms with E-state index in [1.165, 1.54) is 42.5 Å². The van der Waals surface area contributed by atoms with Gasteiger partial charge in [0.2, 0.25) is 0 Å². The summed E-state index contributed by atoms with van der Waals surface area (Å²) >= 11 is 0. The molecule has 16 nitrogen and oxygen atoms in total. The van der Waals surface area contributed by atoms with Crippen LogP contribution in [-0.2, 0) is 19.2 Å². The zero-order valence-electron chi connectivity index (χ0n) is 28.4. The summed E-state index contributed by atoms with van der Waals surface area (Å²) < 4.78 is 0. The standard InChI is InChI=1S/C24H18N2O6.2C6H14N2O2/c27-21(25-19-12-6-4-10-16(19)23(29)30)18(14-15-8-2-1-3-9-15)22(28)26-20-13-7-5-11-17(20)24(31)32;2*7-4-2-1-3-5(8)6(9)10/h1-14H,(H,25,27)(H,26,28)(H,29,30)(H,31,32);2*5H,1-4,7-8H2,(H,9,10)/t;2*5-/m.00/s1. The van der Waals surface area contributed by atoms with Gasteiger partial charge >= 0.3 is 23.9 Å². The maximum Gasteiger partial charge on any atom is 0.337 e. The minimum Gasteiger partial charge on any atom is -0.480 e. The third kappa shape index (κ3) is 16.6. The number of carboxylic acid groups (broad SMARTS) is 4. The van der Waals surface area contributed by atoms with Crippen LogP contribution in [0.2, 0.25) is 0 Å². The lowest BCUT2D eigenvalue weighted by atomic mass is 10.1. The lowest BCUT2D eigenvalue weighted by molar-refractivity contribution is -0.139. The largest absolute Gasteiger partial charge is 0.480 e. The Bertz CT molecular complexity index is 1570. The Morgan fingerprint density at radius 1 is 0.558 bits per heavy atom. The Labute approximate surface area is 300 Å². The van der Waals surface area contributed by atoms with E-state index in [2.05, 4.69) is 10.6 Å². The van der Waals surface area contributed by atoms with Crippen LogP contribution in [0, 0.1) is 0 Å². The van der Waals surface area contributed by atoms with Crippen molar-refractivity contribution in [1.29, 1.82) is 0 Å². The summed E-state index contributed by atoms with van der Waals surface area (Å²) in [5.74, 6) is -6.06. The van der Waals surface area contributed by atoms with Gasteiger partial charge < -0.3 is 54.0 Å². The molecule has 0 heterocycles. The molecule has 3 rings (SSSR count). The summed E-state index contributed by atoms with van der Waals surface area (Å²) in [7, 11) is 0. The van der Waals surface area contributed by atoms with Crippen LogP contribution >= 0.6 is 0 Å². The van der Waals surface area contributed by atoms with Crippen molar-refractivity contribution in [3.8, 4) is 0 Å². The van der Waals surface area contributed by atoms with E-state index >= 15 is 0 Å². The molecule has 0 aliphatic carbocycles. The maximum atomic E-state index is 13.0. The van der Waals surface area contributed by atoms with Gasteiger partial charge in [-0.15, -0.1) is 0 Å². The van der Waals surface area contributed by atoms with Gasteiger partial charge in [0, 0.05) is 0 Å². The van der Waals surface area contributed by atoms with Crippen LogP contribution in [0.4, 0.5) is 11.4 Å². The molecular weight excluding hydrogens is 676 g/mol. The zero-order chi connectivity index (χ0) is 39.1. The number of carboxylic acids is 4. The molecule has 16 heteroatoms. The average molecular weight is 723 g/mol. The van der Waals surface area contributed by atoms with Gasteiger partial charge in [0.25, 0.3) is 11.8 Å². The Morgan fingerprint density at radius 2 is 0.923 bits per heavy atom. The number of unbranched alkanes of at least 4 members (excludes halogenated alkanes) is 2. The second kappa shape index (κ2) is 24.2. The Morgan fingerprint density at radius 3 is 1.27 bits per heavy atom. The first kappa shape index (κ1) is 44.1. The molecule has 0 aliphatic rings. The number of para-hydroxylation sites is 2. The van der Waals surface area contributed by atoms with Gasteiger partial charge in [-0.1, -0.05) is 67.4 Å². The first-order valence-electron chi connectivity index (χ1n) is 16.1. The molecule has 0 bridgehead atoms. The molecule has 3 aromatic rings. The van der Waals surface area contributed by atoms with Crippen LogP contribution in [0.5, 0.6) is 0 Å². The van der Waals surface area contributed by atoms with Crippen LogP contribution in [-0.4, -0.2) is 81.3 Å². The number of rotatable bonds is 17. The molecule has 0 fully saturated rings. The number of aliphatic carboxylic acids is 2. The zero-order valence-corrected chi connectivity index (χ0v) is 28.4. The highest BCUT2D eigenvalue weighted by atomic mass is 16.4. The van der Waals surface area contributed by atoms with Gasteiger partial charge in [0.15, 0.2) is 0 Å². The number of carbonyl (C=O) groups excluding carboxylic acids is 2. The summed E-state index contributed by atoms with van der Waals surface area (Å²) in [5.41, 5.74) is 20.8. The fraction of sp³-hybridized carbons (Fsp3) is 0.278. The van der Waals surface area contributed by atoms with Gasteiger partial charge in [-0.05, 0) is 74.7 Å². The molecule has 14 N–H and O–H groups in total. The molecule has 0 aromatic heterocycles. The second-order valence-electron chi connectivity index (χ2n) is 11.0. The van der Waals surface area contributed by atoms with Gasteiger partial charge in [-0.2, -0.15) is 0 Å². The smallest absolute Gasteiger partial charge is 0.337 e. The van der Waals surface area contributed by atoms with Gasteiger partial charge in [-0.25, -0.2) is 9.59 Å². The summed E-state index contributed by atoms with van der Waals surface area (Å²) in [6, 6.07) is 18.7. The summed E-state index contributed by atoms with van der Waals surface area (Å²) in [4.78, 5) is 69.1. The number of amides is 2. The lowest BCUT2D eigenvalue weighted by Crippen LogP contribution is -2.29. The van der Waals surface area contributed by atoms with E-state index < -0.39 is 47.8 Å². The Hall–Kier alpha value is -5.94. The molecule has 3 aromatic carbocycles. The van der Waals surface area contributed by atoms with E-state index in [1.807, 2.05) is 0 Å². The van der Waals surface area contributed by atoms with Gasteiger partial charge in [0.1, 0.15) is 17.7 Å². The number of hydrogen-bond acceptors (Lipinski definition) is 10. The van der Waals surface area contributed by atoms with Crippen molar-refractivity contribution in [1.82, 2.24) is 0 Å². The highest BCUT2D eigenvalue weighted by molar-refractivity contribution is 6.29. The van der Waals surface area contributed by atoms with E-state index in [0.717, 1.165) is 25.7 Å². The Balaban J connectivity index is 0.000000553. The Kier molecular flexibility index (Phi) is 20.6. The third-order valence-electron chi connectivity index (χ3n) is 6.98. The van der Waals surface area contributed by atoms with Crippen molar-refractivity contribution >= 4 is 53.1 Å². The van der Waals surface area contributed by atoms with Gasteiger partial charge in [0.05, 0.1) is 22.5 Å². The average Bonchev–Trinajstić information content (AvgIpc) is 3.11. The second-order valence-corrected chi connectivity index (χ2v) is 11.0. The highest BCUT2D eigenvalue weighted by Gasteiger charge is 2.22. The van der Waals surface area contributed by atoms with Crippen LogP contribution < -0.4 is 33.6 Å². The van der Waals surface area contributed by atoms with Crippen molar-refractivity contribution in [2.24, 2.45) is 22.9 Å². The molecule has 52 heavy (non-hydrogen) atoms. The molecule has 2 amide bonds. The van der Waals surface area contributed by atoms with Crippen LogP contribution in [0.25, 0.3) is 6.08 Å². The van der Waals surface area contributed by atoms with E-state index in [0.29, 0.717) is 31.5 Å². The van der Waals surface area contributed by atoms with Crippen molar-refractivity contribution < 1.29 is 49.2 Å². The van der Waals surface area contributed by atoms with Crippen molar-refractivity contribution in [3.05, 3.63) is 101 Å². The number of carbonyl (C=O) groups is 6. The molecule has 280 valence electrons. The van der Waals surface area contributed by atoms with E-state index in [4.69, 9.17) is 33.1 Å². The molecule has 0 saturated carbocycles. The van der Waals surface area contributed by atoms with E-state index in [1.54, 1.807) is 42.5 Å². The predicted octanol–water partition coefficient (Wildman–Crippen LogP) is 2.80. The summed E-state index contributed by atoms with van der Waals surface area (Å²) in [5, 5.41) is 40.2. The lowest BCUT2D eigenvalue weighted by Gasteiger charge is -2.13. The number of aromatic carboxylic acids is 2. The van der Waals surface area contributed by atoms with Crippen LogP contribution in [0.15, 0.2) is 84.4 Å². The van der Waals surface area contributed by atoms with E-state index in [-0.39, 0.29) is 28.1 Å². The quantitative estimate of drug-likeness (QED) is 0.0415.